The van der Waals surface area contributed by atoms with Crippen LogP contribution in [0.25, 0.3) is 21.9 Å². The highest BCUT2D eigenvalue weighted by Gasteiger charge is 2.46. The molecule has 3 aromatic rings. The van der Waals surface area contributed by atoms with Gasteiger partial charge < -0.3 is 50.0 Å². The molecule has 160 valence electrons. The molecule has 0 unspecified atom stereocenters. The molecule has 1 aliphatic rings. The molecule has 5 atom stereocenters. The van der Waals surface area contributed by atoms with Crippen LogP contribution in [-0.4, -0.2) is 71.9 Å². The van der Waals surface area contributed by atoms with E-state index in [1.165, 1.54) is 0 Å². The number of fused-ring (bicyclic) bond motifs is 2. The van der Waals surface area contributed by atoms with Crippen molar-refractivity contribution in [1.82, 2.24) is 0 Å². The van der Waals surface area contributed by atoms with Gasteiger partial charge in [0.05, 0.1) is 17.6 Å². The first-order chi connectivity index (χ1) is 14.1. The summed E-state index contributed by atoms with van der Waals surface area (Å²) in [6.45, 7) is -0.730. The predicted octanol–water partition coefficient (Wildman–Crippen LogP) is -0.717. The fourth-order valence-corrected chi connectivity index (χ4v) is 3.64. The smallest absolute Gasteiger partial charge is 0.204 e. The van der Waals surface area contributed by atoms with Crippen molar-refractivity contribution in [2.24, 2.45) is 0 Å². The maximum Gasteiger partial charge on any atom is 0.204 e. The molecule has 0 saturated carbocycles. The summed E-state index contributed by atoms with van der Waals surface area (Å²) in [6.07, 6.45) is -8.16. The summed E-state index contributed by atoms with van der Waals surface area (Å²) in [7, 11) is 0. The molecule has 11 nitrogen and oxygen atoms in total. The Morgan fingerprint density at radius 3 is 2.13 bits per heavy atom. The largest absolute Gasteiger partial charge is 0.507 e. The quantitative estimate of drug-likeness (QED) is 0.191. The Labute approximate surface area is 166 Å². The van der Waals surface area contributed by atoms with E-state index in [1.54, 1.807) is 0 Å². The number of phenolic OH excluding ortho intramolecular Hbond substituents is 4. The van der Waals surface area contributed by atoms with Crippen LogP contribution in [0.15, 0.2) is 27.4 Å². The average molecular weight is 422 g/mol. The monoisotopic (exact) mass is 422 g/mol. The van der Waals surface area contributed by atoms with E-state index >= 15 is 0 Å². The summed E-state index contributed by atoms with van der Waals surface area (Å²) >= 11 is 0. The zero-order valence-electron chi connectivity index (χ0n) is 15.1. The molecule has 0 radical (unpaired) electrons. The molecular weight excluding hydrogens is 404 g/mol. The van der Waals surface area contributed by atoms with Gasteiger partial charge in [-0.1, -0.05) is 0 Å². The number of benzene rings is 2. The number of aromatic hydroxyl groups is 4. The number of aliphatic hydroxyl groups is 4. The molecule has 1 fully saturated rings. The van der Waals surface area contributed by atoms with E-state index in [0.717, 1.165) is 18.2 Å². The number of rotatable bonds is 2. The summed E-state index contributed by atoms with van der Waals surface area (Å²) < 4.78 is 10.8. The van der Waals surface area contributed by atoms with Crippen molar-refractivity contribution in [2.45, 2.75) is 30.5 Å². The van der Waals surface area contributed by atoms with Gasteiger partial charge in [0, 0.05) is 12.1 Å². The minimum absolute atomic E-state index is 0.123. The van der Waals surface area contributed by atoms with Gasteiger partial charge in [-0.2, -0.15) is 0 Å². The van der Waals surface area contributed by atoms with E-state index in [1.807, 2.05) is 0 Å². The van der Waals surface area contributed by atoms with Crippen molar-refractivity contribution >= 4 is 21.9 Å². The van der Waals surface area contributed by atoms with Crippen LogP contribution in [0.5, 0.6) is 23.0 Å². The van der Waals surface area contributed by atoms with Crippen molar-refractivity contribution in [2.75, 3.05) is 6.61 Å². The van der Waals surface area contributed by atoms with Crippen LogP contribution in [0.2, 0.25) is 0 Å². The molecule has 0 amide bonds. The topological polar surface area (TPSA) is 201 Å². The Kier molecular flexibility index (Phi) is 4.71. The maximum atomic E-state index is 12.9. The Morgan fingerprint density at radius 2 is 1.47 bits per heavy atom. The zero-order valence-corrected chi connectivity index (χ0v) is 15.1. The molecule has 1 aromatic heterocycles. The summed E-state index contributed by atoms with van der Waals surface area (Å²) in [5.74, 6) is -2.62. The minimum atomic E-state index is -1.81. The number of hydrogen-bond acceptors (Lipinski definition) is 11. The van der Waals surface area contributed by atoms with Crippen LogP contribution in [0.1, 0.15) is 11.7 Å². The molecule has 1 saturated heterocycles. The second-order valence-corrected chi connectivity index (χ2v) is 7.05. The van der Waals surface area contributed by atoms with Gasteiger partial charge in [-0.3, -0.25) is 4.79 Å². The lowest BCUT2D eigenvalue weighted by atomic mass is 9.89. The zero-order chi connectivity index (χ0) is 21.9. The van der Waals surface area contributed by atoms with Crippen molar-refractivity contribution in [3.05, 3.63) is 34.0 Å². The van der Waals surface area contributed by atoms with Gasteiger partial charge in [0.15, 0.2) is 11.5 Å². The van der Waals surface area contributed by atoms with Crippen LogP contribution in [-0.2, 0) is 4.74 Å². The van der Waals surface area contributed by atoms with Gasteiger partial charge in [0.2, 0.25) is 5.43 Å². The third kappa shape index (κ3) is 2.83. The van der Waals surface area contributed by atoms with E-state index in [4.69, 9.17) is 9.15 Å². The first kappa shape index (κ1) is 20.2. The number of phenols is 4. The summed E-state index contributed by atoms with van der Waals surface area (Å²) in [5.41, 5.74) is -1.66. The lowest BCUT2D eigenvalue weighted by Crippen LogP contribution is -2.55. The summed E-state index contributed by atoms with van der Waals surface area (Å²) in [5, 5.41) is 79.4. The first-order valence-corrected chi connectivity index (χ1v) is 8.83. The predicted molar refractivity (Wildman–Crippen MR) is 99.4 cm³/mol. The van der Waals surface area contributed by atoms with E-state index in [2.05, 4.69) is 0 Å². The Hall–Kier alpha value is -3.09. The Balaban J connectivity index is 1.98. The lowest BCUT2D eigenvalue weighted by Gasteiger charge is -2.40. The second kappa shape index (κ2) is 7.00. The summed E-state index contributed by atoms with van der Waals surface area (Å²) in [4.78, 5) is 12.9. The number of ether oxygens (including phenoxy) is 1. The third-order valence-electron chi connectivity index (χ3n) is 5.23. The fourth-order valence-electron chi connectivity index (χ4n) is 3.64. The maximum absolute atomic E-state index is 12.9. The van der Waals surface area contributed by atoms with Gasteiger partial charge in [0.1, 0.15) is 58.6 Å². The molecule has 2 heterocycles. The standard InChI is InChI=1S/C19H18O11/c20-4-11-15(25)17(27)18(28)19(30-11)12-8(23)3-10-13(16(12)26)14(24)5-1-6(21)7(22)2-9(5)29-10/h1-3,11,15,17-23,25-28H,4H2/t11-,15-,17-,18+,19-/m1/s1. The molecule has 2 aromatic carbocycles. The molecular formula is C19H18O11. The minimum Gasteiger partial charge on any atom is -0.507 e. The fraction of sp³-hybridized carbons (Fsp3) is 0.316. The average Bonchev–Trinajstić information content (AvgIpc) is 2.69. The molecule has 4 rings (SSSR count). The van der Waals surface area contributed by atoms with Gasteiger partial charge in [-0.15, -0.1) is 0 Å². The first-order valence-electron chi connectivity index (χ1n) is 8.83. The molecule has 30 heavy (non-hydrogen) atoms. The second-order valence-electron chi connectivity index (χ2n) is 7.05. The molecule has 0 spiro atoms. The van der Waals surface area contributed by atoms with Gasteiger partial charge in [-0.05, 0) is 6.07 Å². The van der Waals surface area contributed by atoms with Crippen LogP contribution >= 0.6 is 0 Å². The SMILES string of the molecule is O=c1c2cc(O)c(O)cc2oc2cc(O)c([C@H]3O[C@H](CO)[C@@H](O)[C@@H](O)[C@@H]3O)c(O)c12. The van der Waals surface area contributed by atoms with E-state index in [0.29, 0.717) is 0 Å². The van der Waals surface area contributed by atoms with Gasteiger partial charge in [0.25, 0.3) is 0 Å². The number of hydrogen-bond donors (Lipinski definition) is 8. The van der Waals surface area contributed by atoms with Crippen LogP contribution < -0.4 is 5.43 Å². The van der Waals surface area contributed by atoms with Crippen LogP contribution in [0.3, 0.4) is 0 Å². The van der Waals surface area contributed by atoms with E-state index in [9.17, 15) is 45.6 Å². The Morgan fingerprint density at radius 1 is 0.833 bits per heavy atom. The molecule has 0 bridgehead atoms. The normalized spacial score (nSPS) is 27.0. The lowest BCUT2D eigenvalue weighted by molar-refractivity contribution is -0.232. The number of aliphatic hydroxyl groups excluding tert-OH is 4. The molecule has 8 N–H and O–H groups in total. The molecule has 1 aliphatic heterocycles. The molecule has 11 heteroatoms. The van der Waals surface area contributed by atoms with E-state index < -0.39 is 76.5 Å². The van der Waals surface area contributed by atoms with Crippen LogP contribution in [0, 0.1) is 0 Å². The highest BCUT2D eigenvalue weighted by molar-refractivity contribution is 5.96. The van der Waals surface area contributed by atoms with E-state index in [-0.39, 0.29) is 16.6 Å². The van der Waals surface area contributed by atoms with Crippen molar-refractivity contribution < 1.29 is 50.0 Å². The van der Waals surface area contributed by atoms with Gasteiger partial charge in [-0.25, -0.2) is 0 Å². The highest BCUT2D eigenvalue weighted by atomic mass is 16.5. The third-order valence-corrected chi connectivity index (χ3v) is 5.23. The molecule has 0 aliphatic carbocycles. The van der Waals surface area contributed by atoms with Crippen molar-refractivity contribution in [3.63, 3.8) is 0 Å². The van der Waals surface area contributed by atoms with Crippen LogP contribution in [0.4, 0.5) is 0 Å². The van der Waals surface area contributed by atoms with Gasteiger partial charge >= 0.3 is 0 Å². The van der Waals surface area contributed by atoms with Crippen molar-refractivity contribution in [1.29, 1.82) is 0 Å². The van der Waals surface area contributed by atoms with Crippen molar-refractivity contribution in [3.8, 4) is 23.0 Å². The highest BCUT2D eigenvalue weighted by Crippen LogP contribution is 2.45. The summed E-state index contributed by atoms with van der Waals surface area (Å²) in [6, 6.07) is 2.90. The Bertz CT molecular complexity index is 1200.